The number of nitrogens with zero attached hydrogens (tertiary/aromatic N) is 2. The van der Waals surface area contributed by atoms with Gasteiger partial charge in [-0.25, -0.2) is 0 Å². The van der Waals surface area contributed by atoms with Gasteiger partial charge in [0, 0.05) is 12.5 Å². The lowest BCUT2D eigenvalue weighted by molar-refractivity contribution is 0.0898. The second kappa shape index (κ2) is 6.42. The Morgan fingerprint density at radius 2 is 2.06 bits per heavy atom. The van der Waals surface area contributed by atoms with Gasteiger partial charge in [-0.05, 0) is 19.3 Å². The third-order valence-electron chi connectivity index (χ3n) is 3.05. The highest BCUT2D eigenvalue weighted by atomic mass is 16.5. The van der Waals surface area contributed by atoms with E-state index in [1.165, 1.54) is 0 Å². The Balaban J connectivity index is 3.08. The molecule has 0 radical (unpaired) electrons. The molecule has 4 heteroatoms. The first-order chi connectivity index (χ1) is 8.19. The quantitative estimate of drug-likeness (QED) is 0.686. The monoisotopic (exact) mass is 238 g/mol. The van der Waals surface area contributed by atoms with Crippen molar-refractivity contribution >= 4 is 5.78 Å². The molecule has 0 saturated carbocycles. The Hall–Kier alpha value is -1.32. The van der Waals surface area contributed by atoms with Crippen LogP contribution in [0.3, 0.4) is 0 Å². The molecule has 0 atom stereocenters. The van der Waals surface area contributed by atoms with Gasteiger partial charge >= 0.3 is 0 Å². The van der Waals surface area contributed by atoms with Crippen LogP contribution in [0.5, 0.6) is 5.75 Å². The molecular weight excluding hydrogens is 216 g/mol. The number of hydrogen-bond donors (Lipinski definition) is 0. The van der Waals surface area contributed by atoms with Crippen molar-refractivity contribution in [2.75, 3.05) is 7.11 Å². The molecule has 0 fully saturated rings. The average molecular weight is 238 g/mol. The highest BCUT2D eigenvalue weighted by molar-refractivity contribution is 5.98. The minimum Gasteiger partial charge on any atom is -0.493 e. The molecule has 0 saturated heterocycles. The van der Waals surface area contributed by atoms with Gasteiger partial charge in [0.2, 0.25) is 0 Å². The van der Waals surface area contributed by atoms with Gasteiger partial charge in [-0.1, -0.05) is 20.8 Å². The number of aryl methyl sites for hydroxylation is 1. The molecule has 0 aliphatic rings. The minimum absolute atomic E-state index is 0.0659. The van der Waals surface area contributed by atoms with Crippen molar-refractivity contribution in [2.45, 2.75) is 46.6 Å². The lowest BCUT2D eigenvalue weighted by Crippen LogP contribution is -2.19. The second-order valence-corrected chi connectivity index (χ2v) is 4.16. The number of carbonyl (C=O) groups is 1. The van der Waals surface area contributed by atoms with Crippen LogP contribution in [0.4, 0.5) is 0 Å². The Morgan fingerprint density at radius 3 is 2.53 bits per heavy atom. The van der Waals surface area contributed by atoms with Crippen molar-refractivity contribution in [3.05, 3.63) is 11.9 Å². The van der Waals surface area contributed by atoms with E-state index in [0.29, 0.717) is 11.4 Å². The Bertz CT molecular complexity index is 367. The van der Waals surface area contributed by atoms with Crippen molar-refractivity contribution in [2.24, 2.45) is 5.92 Å². The van der Waals surface area contributed by atoms with Gasteiger partial charge in [0.1, 0.15) is 5.69 Å². The lowest BCUT2D eigenvalue weighted by Gasteiger charge is -2.13. The van der Waals surface area contributed by atoms with E-state index in [4.69, 9.17) is 4.74 Å². The number of rotatable bonds is 7. The normalized spacial score (nSPS) is 10.9. The fourth-order valence-corrected chi connectivity index (χ4v) is 2.00. The second-order valence-electron chi connectivity index (χ2n) is 4.16. The van der Waals surface area contributed by atoms with Crippen molar-refractivity contribution in [1.29, 1.82) is 0 Å². The molecule has 0 aliphatic carbocycles. The van der Waals surface area contributed by atoms with Gasteiger partial charge in [0.05, 0.1) is 13.3 Å². The van der Waals surface area contributed by atoms with Crippen LogP contribution >= 0.6 is 0 Å². The van der Waals surface area contributed by atoms with Crippen molar-refractivity contribution in [1.82, 2.24) is 9.78 Å². The zero-order valence-electron chi connectivity index (χ0n) is 11.2. The molecule has 0 aliphatic heterocycles. The standard InChI is InChI=1S/C13H22N2O2/c1-5-8-15-12(11(17-4)9-14-15)13(16)10(6-2)7-3/h9-10H,5-8H2,1-4H3. The molecule has 1 aromatic rings. The van der Waals surface area contributed by atoms with Crippen LogP contribution in [-0.2, 0) is 6.54 Å². The van der Waals surface area contributed by atoms with E-state index in [-0.39, 0.29) is 11.7 Å². The van der Waals surface area contributed by atoms with E-state index in [1.807, 2.05) is 13.8 Å². The average Bonchev–Trinajstić information content (AvgIpc) is 2.74. The first-order valence-electron chi connectivity index (χ1n) is 6.33. The van der Waals surface area contributed by atoms with Crippen molar-refractivity contribution in [3.63, 3.8) is 0 Å². The van der Waals surface area contributed by atoms with Gasteiger partial charge in [-0.3, -0.25) is 9.48 Å². The van der Waals surface area contributed by atoms with E-state index < -0.39 is 0 Å². The summed E-state index contributed by atoms with van der Waals surface area (Å²) < 4.78 is 6.99. The Morgan fingerprint density at radius 1 is 1.41 bits per heavy atom. The smallest absolute Gasteiger partial charge is 0.187 e. The maximum Gasteiger partial charge on any atom is 0.187 e. The largest absolute Gasteiger partial charge is 0.493 e. The number of ketones is 1. The van der Waals surface area contributed by atoms with Gasteiger partial charge in [0.25, 0.3) is 0 Å². The van der Waals surface area contributed by atoms with Crippen molar-refractivity contribution in [3.8, 4) is 5.75 Å². The summed E-state index contributed by atoms with van der Waals surface area (Å²) in [4.78, 5) is 12.4. The molecule has 0 aromatic carbocycles. The van der Waals surface area contributed by atoms with Crippen LogP contribution in [0.15, 0.2) is 6.20 Å². The minimum atomic E-state index is 0.0659. The van der Waals surface area contributed by atoms with Gasteiger partial charge in [0.15, 0.2) is 11.5 Å². The summed E-state index contributed by atoms with van der Waals surface area (Å²) in [5, 5.41) is 4.22. The summed E-state index contributed by atoms with van der Waals surface area (Å²) in [5.74, 6) is 0.810. The van der Waals surface area contributed by atoms with Crippen LogP contribution in [0.1, 0.15) is 50.5 Å². The molecule has 0 spiro atoms. The summed E-state index contributed by atoms with van der Waals surface area (Å²) in [6, 6.07) is 0. The number of hydrogen-bond acceptors (Lipinski definition) is 3. The van der Waals surface area contributed by atoms with Crippen LogP contribution in [0.2, 0.25) is 0 Å². The molecular formula is C13H22N2O2. The van der Waals surface area contributed by atoms with Crippen molar-refractivity contribution < 1.29 is 9.53 Å². The molecule has 4 nitrogen and oxygen atoms in total. The topological polar surface area (TPSA) is 44.1 Å². The summed E-state index contributed by atoms with van der Waals surface area (Å²) in [5.41, 5.74) is 0.628. The fraction of sp³-hybridized carbons (Fsp3) is 0.692. The first-order valence-corrected chi connectivity index (χ1v) is 6.33. The molecule has 0 unspecified atom stereocenters. The van der Waals surface area contributed by atoms with Gasteiger partial charge in [-0.15, -0.1) is 0 Å². The molecule has 96 valence electrons. The summed E-state index contributed by atoms with van der Waals surface area (Å²) in [6.45, 7) is 6.91. The van der Waals surface area contributed by atoms with Crippen LogP contribution < -0.4 is 4.74 Å². The lowest BCUT2D eigenvalue weighted by atomic mass is 9.95. The maximum absolute atomic E-state index is 12.4. The molecule has 0 N–H and O–H groups in total. The number of methoxy groups -OCH3 is 1. The van der Waals surface area contributed by atoms with Gasteiger partial charge < -0.3 is 4.74 Å². The summed E-state index contributed by atoms with van der Waals surface area (Å²) >= 11 is 0. The molecule has 1 heterocycles. The summed E-state index contributed by atoms with van der Waals surface area (Å²) in [6.07, 6.45) is 4.30. The molecule has 17 heavy (non-hydrogen) atoms. The molecule has 1 rings (SSSR count). The van der Waals surface area contributed by atoms with E-state index >= 15 is 0 Å². The van der Waals surface area contributed by atoms with E-state index in [9.17, 15) is 4.79 Å². The van der Waals surface area contributed by atoms with Crippen LogP contribution in [-0.4, -0.2) is 22.7 Å². The van der Waals surface area contributed by atoms with Gasteiger partial charge in [-0.2, -0.15) is 5.10 Å². The summed E-state index contributed by atoms with van der Waals surface area (Å²) in [7, 11) is 1.58. The number of ether oxygens (including phenoxy) is 1. The predicted octanol–water partition coefficient (Wildman–Crippen LogP) is 2.92. The molecule has 0 bridgehead atoms. The SMILES string of the molecule is CCCn1ncc(OC)c1C(=O)C(CC)CC. The number of carbonyl (C=O) groups excluding carboxylic acids is 1. The third-order valence-corrected chi connectivity index (χ3v) is 3.05. The molecule has 0 amide bonds. The van der Waals surface area contributed by atoms with Crippen LogP contribution in [0, 0.1) is 5.92 Å². The Labute approximate surface area is 103 Å². The highest BCUT2D eigenvalue weighted by Crippen LogP contribution is 2.24. The maximum atomic E-state index is 12.4. The number of aromatic nitrogens is 2. The zero-order chi connectivity index (χ0) is 12.8. The zero-order valence-corrected chi connectivity index (χ0v) is 11.2. The fourth-order valence-electron chi connectivity index (χ4n) is 2.00. The number of Topliss-reactive ketones (excluding diaryl/α,β-unsaturated/α-hetero) is 1. The predicted molar refractivity (Wildman–Crippen MR) is 67.5 cm³/mol. The van der Waals surface area contributed by atoms with E-state index in [0.717, 1.165) is 25.8 Å². The highest BCUT2D eigenvalue weighted by Gasteiger charge is 2.24. The van der Waals surface area contributed by atoms with Crippen LogP contribution in [0.25, 0.3) is 0 Å². The van der Waals surface area contributed by atoms with E-state index in [1.54, 1.807) is 18.0 Å². The third kappa shape index (κ3) is 2.87. The molecule has 1 aromatic heterocycles. The first kappa shape index (κ1) is 13.7. The Kier molecular flexibility index (Phi) is 5.19. The van der Waals surface area contributed by atoms with E-state index in [2.05, 4.69) is 12.0 Å².